The summed E-state index contributed by atoms with van der Waals surface area (Å²) >= 11 is 0. The van der Waals surface area contributed by atoms with Crippen LogP contribution in [-0.2, 0) is 31.2 Å². The third kappa shape index (κ3) is 13.6. The zero-order chi connectivity index (χ0) is 17.7. The maximum absolute atomic E-state index is 10.9. The van der Waals surface area contributed by atoms with Crippen LogP contribution in [0.3, 0.4) is 0 Å². The second kappa shape index (κ2) is 13.3. The number of hydrogen-bond donors (Lipinski definition) is 4. The Kier molecular flexibility index (Phi) is 13.9. The molecule has 0 saturated carbocycles. The predicted octanol–water partition coefficient (Wildman–Crippen LogP) is -1.33. The van der Waals surface area contributed by atoms with Gasteiger partial charge >= 0.3 is 11.9 Å². The minimum atomic E-state index is -1.19. The molecule has 8 nitrogen and oxygen atoms in total. The van der Waals surface area contributed by atoms with E-state index < -0.39 is 45.6 Å². The van der Waals surface area contributed by atoms with Crippen LogP contribution in [0.5, 0.6) is 0 Å². The van der Waals surface area contributed by atoms with Gasteiger partial charge in [-0.25, -0.2) is 0 Å². The molecule has 6 N–H and O–H groups in total. The number of hydrogen-bond acceptors (Lipinski definition) is 6. The summed E-state index contributed by atoms with van der Waals surface area (Å²) in [5.74, 6) is -1.69. The second-order valence-electron chi connectivity index (χ2n) is 4.01. The molecule has 0 aliphatic rings. The molecule has 0 unspecified atom stereocenters. The van der Waals surface area contributed by atoms with Gasteiger partial charge in [-0.3, -0.25) is 18.0 Å². The van der Waals surface area contributed by atoms with E-state index in [1.54, 1.807) is 0 Å². The fraction of sp³-hybridized carbons (Fsp3) is 0.500. The first-order valence-corrected chi connectivity index (χ1v) is 9.01. The maximum atomic E-state index is 10.9. The fourth-order valence-corrected chi connectivity index (χ4v) is 2.83. The van der Waals surface area contributed by atoms with Crippen LogP contribution >= 0.6 is 0 Å². The van der Waals surface area contributed by atoms with E-state index in [4.69, 9.17) is 21.7 Å². The predicted molar refractivity (Wildman–Crippen MR) is 87.4 cm³/mol. The monoisotopic (exact) mass is 354 g/mol. The van der Waals surface area contributed by atoms with Gasteiger partial charge in [0.25, 0.3) is 0 Å². The van der Waals surface area contributed by atoms with Gasteiger partial charge in [0.1, 0.15) is 12.1 Å². The standard InChI is InChI=1S/2C6H11NO3S/c2*1-2-3-11(10)4-5(7)6(8)9/h2*2,5H,1,3-4,7H2,(H,8,9)/t2*5-,11-/m00/s1. The van der Waals surface area contributed by atoms with Crippen LogP contribution in [0.15, 0.2) is 25.3 Å². The molecule has 0 aromatic carbocycles. The molecule has 0 aliphatic heterocycles. The topological polar surface area (TPSA) is 161 Å². The molecule has 0 aromatic rings. The van der Waals surface area contributed by atoms with Crippen LogP contribution in [0.1, 0.15) is 0 Å². The third-order valence-corrected chi connectivity index (χ3v) is 4.65. The van der Waals surface area contributed by atoms with Gasteiger partial charge in [-0.2, -0.15) is 0 Å². The zero-order valence-corrected chi connectivity index (χ0v) is 13.7. The number of nitrogens with two attached hydrogens (primary N) is 2. The summed E-state index contributed by atoms with van der Waals surface area (Å²) < 4.78 is 21.7. The van der Waals surface area contributed by atoms with E-state index in [0.29, 0.717) is 11.5 Å². The molecule has 0 rings (SSSR count). The van der Waals surface area contributed by atoms with E-state index in [1.165, 1.54) is 12.2 Å². The third-order valence-electron chi connectivity index (χ3n) is 1.97. The Labute approximate surface area is 134 Å². The summed E-state index contributed by atoms with van der Waals surface area (Å²) in [4.78, 5) is 20.3. The van der Waals surface area contributed by atoms with Gasteiger partial charge in [0.05, 0.1) is 0 Å². The van der Waals surface area contributed by atoms with Crippen LogP contribution < -0.4 is 11.5 Å². The highest BCUT2D eigenvalue weighted by atomic mass is 32.2. The molecule has 22 heavy (non-hydrogen) atoms. The Balaban J connectivity index is 0. The number of carbonyl (C=O) groups is 2. The molecule has 0 spiro atoms. The van der Waals surface area contributed by atoms with Gasteiger partial charge in [-0.15, -0.1) is 13.2 Å². The van der Waals surface area contributed by atoms with Crippen molar-refractivity contribution in [2.45, 2.75) is 12.1 Å². The van der Waals surface area contributed by atoms with E-state index in [-0.39, 0.29) is 11.5 Å². The highest BCUT2D eigenvalue weighted by molar-refractivity contribution is 7.85. The highest BCUT2D eigenvalue weighted by Crippen LogP contribution is 1.88. The van der Waals surface area contributed by atoms with Crippen molar-refractivity contribution in [1.82, 2.24) is 0 Å². The van der Waals surface area contributed by atoms with Crippen LogP contribution in [0.4, 0.5) is 0 Å². The lowest BCUT2D eigenvalue weighted by Gasteiger charge is -2.03. The van der Waals surface area contributed by atoms with Crippen LogP contribution in [-0.4, -0.2) is 65.7 Å². The second-order valence-corrected chi connectivity index (χ2v) is 7.11. The quantitative estimate of drug-likeness (QED) is 0.351. The van der Waals surface area contributed by atoms with Crippen LogP contribution in [0.25, 0.3) is 0 Å². The van der Waals surface area contributed by atoms with E-state index in [2.05, 4.69) is 13.2 Å². The summed E-state index contributed by atoms with van der Waals surface area (Å²) in [5.41, 5.74) is 10.2. The molecule has 10 heteroatoms. The van der Waals surface area contributed by atoms with Crippen LogP contribution in [0.2, 0.25) is 0 Å². The van der Waals surface area contributed by atoms with Crippen molar-refractivity contribution in [2.75, 3.05) is 23.0 Å². The maximum Gasteiger partial charge on any atom is 0.321 e. The van der Waals surface area contributed by atoms with Crippen molar-refractivity contribution in [3.63, 3.8) is 0 Å². The zero-order valence-electron chi connectivity index (χ0n) is 12.1. The molecule has 4 atom stereocenters. The molecule has 0 aromatic heterocycles. The smallest absolute Gasteiger partial charge is 0.321 e. The molecular weight excluding hydrogens is 332 g/mol. The number of carboxylic acid groups (broad SMARTS) is 2. The summed E-state index contributed by atoms with van der Waals surface area (Å²) in [7, 11) is -2.39. The highest BCUT2D eigenvalue weighted by Gasteiger charge is 2.14. The number of aliphatic carboxylic acids is 2. The molecule has 0 amide bonds. The fourth-order valence-electron chi connectivity index (χ4n) is 0.942. The van der Waals surface area contributed by atoms with E-state index in [9.17, 15) is 18.0 Å². The molecular formula is C12H22N2O6S2. The average Bonchev–Trinajstić information content (AvgIpc) is 2.39. The van der Waals surface area contributed by atoms with Crippen molar-refractivity contribution >= 4 is 33.5 Å². The lowest BCUT2D eigenvalue weighted by atomic mass is 10.4. The summed E-state index contributed by atoms with van der Waals surface area (Å²) in [6.45, 7) is 6.74. The summed E-state index contributed by atoms with van der Waals surface area (Å²) in [6.07, 6.45) is 2.95. The first-order valence-electron chi connectivity index (χ1n) is 6.04. The largest absolute Gasteiger partial charge is 0.480 e. The normalized spacial score (nSPS) is 15.4. The van der Waals surface area contributed by atoms with E-state index >= 15 is 0 Å². The number of carboxylic acids is 2. The molecule has 0 aliphatic carbocycles. The van der Waals surface area contributed by atoms with Crippen molar-refractivity contribution in [3.05, 3.63) is 25.3 Å². The van der Waals surface area contributed by atoms with Gasteiger partial charge < -0.3 is 21.7 Å². The summed E-state index contributed by atoms with van der Waals surface area (Å²) in [5, 5.41) is 16.6. The molecule has 0 bridgehead atoms. The molecule has 0 radical (unpaired) electrons. The average molecular weight is 354 g/mol. The van der Waals surface area contributed by atoms with Crippen LogP contribution in [0, 0.1) is 0 Å². The Bertz CT molecular complexity index is 401. The minimum absolute atomic E-state index is 0.0125. The van der Waals surface area contributed by atoms with Crippen molar-refractivity contribution in [2.24, 2.45) is 11.5 Å². The lowest BCUT2D eigenvalue weighted by molar-refractivity contribution is -0.138. The van der Waals surface area contributed by atoms with Crippen molar-refractivity contribution in [1.29, 1.82) is 0 Å². The first-order chi connectivity index (χ1) is 10.1. The van der Waals surface area contributed by atoms with Gasteiger partial charge in [-0.05, 0) is 0 Å². The number of rotatable bonds is 10. The lowest BCUT2D eigenvalue weighted by Crippen LogP contribution is -2.35. The van der Waals surface area contributed by atoms with Crippen molar-refractivity contribution in [3.8, 4) is 0 Å². The Morgan fingerprint density at radius 1 is 0.909 bits per heavy atom. The Morgan fingerprint density at radius 3 is 1.36 bits per heavy atom. The molecule has 0 fully saturated rings. The Morgan fingerprint density at radius 2 is 1.18 bits per heavy atom. The minimum Gasteiger partial charge on any atom is -0.480 e. The first kappa shape index (κ1) is 22.9. The van der Waals surface area contributed by atoms with Crippen molar-refractivity contribution < 1.29 is 28.2 Å². The SMILES string of the molecule is C=CC[S@](=O)C[C@H](N)C(=O)O.C=CC[S@](=O)C[C@H](N)C(=O)O. The van der Waals surface area contributed by atoms with E-state index in [1.807, 2.05) is 0 Å². The summed E-state index contributed by atoms with van der Waals surface area (Å²) in [6, 6.07) is -2.06. The van der Waals surface area contributed by atoms with Gasteiger partial charge in [0.2, 0.25) is 0 Å². The van der Waals surface area contributed by atoms with Gasteiger partial charge in [0, 0.05) is 44.6 Å². The molecule has 0 saturated heterocycles. The van der Waals surface area contributed by atoms with Gasteiger partial charge in [0.15, 0.2) is 0 Å². The Hall–Kier alpha value is -1.36. The van der Waals surface area contributed by atoms with Gasteiger partial charge in [-0.1, -0.05) is 12.2 Å². The molecule has 128 valence electrons. The molecule has 0 heterocycles. The van der Waals surface area contributed by atoms with E-state index in [0.717, 1.165) is 0 Å².